The number of carbonyl (C=O) groups is 1. The van der Waals surface area contributed by atoms with Crippen LogP contribution in [0.1, 0.15) is 48.7 Å². The average molecular weight is 419 g/mol. The summed E-state index contributed by atoms with van der Waals surface area (Å²) in [4.78, 5) is 21.0. The first kappa shape index (κ1) is 19.2. The summed E-state index contributed by atoms with van der Waals surface area (Å²) in [5, 5.41) is 3.71. The SMILES string of the molecule is C[C@@]1(c2cc(NC(=O)c3ccc(Cl)cn3)ccc2F)CC2(CCC2)SC(N)=N1. The molecular weight excluding hydrogens is 399 g/mol. The molecule has 0 unspecified atom stereocenters. The van der Waals surface area contributed by atoms with Gasteiger partial charge in [-0.15, -0.1) is 0 Å². The van der Waals surface area contributed by atoms with Crippen molar-refractivity contribution in [1.29, 1.82) is 0 Å². The van der Waals surface area contributed by atoms with Crippen LogP contribution in [0.3, 0.4) is 0 Å². The molecule has 1 aromatic carbocycles. The Morgan fingerprint density at radius 2 is 2.11 bits per heavy atom. The van der Waals surface area contributed by atoms with E-state index in [0.29, 0.717) is 21.4 Å². The summed E-state index contributed by atoms with van der Waals surface area (Å²) in [5.41, 5.74) is 6.47. The summed E-state index contributed by atoms with van der Waals surface area (Å²) in [7, 11) is 0. The smallest absolute Gasteiger partial charge is 0.274 e. The maximum absolute atomic E-state index is 14.7. The summed E-state index contributed by atoms with van der Waals surface area (Å²) in [6, 6.07) is 7.65. The van der Waals surface area contributed by atoms with E-state index in [1.807, 2.05) is 6.92 Å². The van der Waals surface area contributed by atoms with Gasteiger partial charge in [-0.25, -0.2) is 9.37 Å². The van der Waals surface area contributed by atoms with Gasteiger partial charge in [0.05, 0.1) is 10.6 Å². The summed E-state index contributed by atoms with van der Waals surface area (Å²) >= 11 is 7.42. The predicted octanol–water partition coefficient (Wildman–Crippen LogP) is 4.72. The summed E-state index contributed by atoms with van der Waals surface area (Å²) in [6.45, 7) is 1.91. The highest BCUT2D eigenvalue weighted by atomic mass is 35.5. The number of nitrogens with zero attached hydrogens (tertiary/aromatic N) is 2. The minimum Gasteiger partial charge on any atom is -0.378 e. The Hall–Kier alpha value is -2.12. The molecule has 2 aromatic rings. The molecular formula is C20H20ClFN4OS. The van der Waals surface area contributed by atoms with Crippen LogP contribution in [0.5, 0.6) is 0 Å². The first-order chi connectivity index (χ1) is 13.3. The monoisotopic (exact) mass is 418 g/mol. The number of hydrogen-bond donors (Lipinski definition) is 2. The van der Waals surface area contributed by atoms with Crippen molar-refractivity contribution in [3.8, 4) is 0 Å². The lowest BCUT2D eigenvalue weighted by molar-refractivity contribution is 0.102. The minimum atomic E-state index is -0.765. The van der Waals surface area contributed by atoms with Crippen LogP contribution >= 0.6 is 23.4 Å². The van der Waals surface area contributed by atoms with Crippen molar-refractivity contribution in [2.75, 3.05) is 5.32 Å². The van der Waals surface area contributed by atoms with Crippen molar-refractivity contribution in [2.24, 2.45) is 10.7 Å². The second-order valence-corrected chi connectivity index (χ2v) is 9.47. The fourth-order valence-electron chi connectivity index (χ4n) is 3.92. The van der Waals surface area contributed by atoms with Gasteiger partial charge in [-0.1, -0.05) is 29.8 Å². The zero-order valence-electron chi connectivity index (χ0n) is 15.3. The zero-order valence-corrected chi connectivity index (χ0v) is 16.9. The van der Waals surface area contributed by atoms with Gasteiger partial charge in [0.2, 0.25) is 0 Å². The lowest BCUT2D eigenvalue weighted by atomic mass is 9.73. The van der Waals surface area contributed by atoms with Crippen LogP contribution in [0, 0.1) is 5.82 Å². The van der Waals surface area contributed by atoms with Gasteiger partial charge in [-0.05, 0) is 56.5 Å². The first-order valence-corrected chi connectivity index (χ1v) is 10.3. The van der Waals surface area contributed by atoms with E-state index in [1.54, 1.807) is 23.9 Å². The van der Waals surface area contributed by atoms with Crippen molar-refractivity contribution in [3.05, 3.63) is 58.6 Å². The maximum atomic E-state index is 14.7. The summed E-state index contributed by atoms with van der Waals surface area (Å²) in [6.07, 6.45) is 5.40. The second kappa shape index (κ2) is 7.04. The first-order valence-electron chi connectivity index (χ1n) is 9.06. The number of amidine groups is 1. The van der Waals surface area contributed by atoms with Crippen molar-refractivity contribution < 1.29 is 9.18 Å². The van der Waals surface area contributed by atoms with Gasteiger partial charge in [0.1, 0.15) is 11.5 Å². The molecule has 1 amide bonds. The quantitative estimate of drug-likeness (QED) is 0.755. The number of rotatable bonds is 3. The molecule has 5 nitrogen and oxygen atoms in total. The van der Waals surface area contributed by atoms with Gasteiger partial charge in [0, 0.05) is 22.2 Å². The van der Waals surface area contributed by atoms with E-state index in [4.69, 9.17) is 17.3 Å². The Labute approximate surface area is 172 Å². The van der Waals surface area contributed by atoms with Gasteiger partial charge in [0.25, 0.3) is 5.91 Å². The van der Waals surface area contributed by atoms with Crippen molar-refractivity contribution in [1.82, 2.24) is 4.98 Å². The second-order valence-electron chi connectivity index (χ2n) is 7.55. The molecule has 0 radical (unpaired) electrons. The fraction of sp³-hybridized carbons (Fsp3) is 0.350. The maximum Gasteiger partial charge on any atom is 0.274 e. The molecule has 1 aliphatic carbocycles. The number of carbonyl (C=O) groups excluding carboxylic acids is 1. The van der Waals surface area contributed by atoms with Crippen LogP contribution in [0.25, 0.3) is 0 Å². The molecule has 8 heteroatoms. The summed E-state index contributed by atoms with van der Waals surface area (Å²) in [5.74, 6) is -0.750. The number of anilines is 1. The number of pyridine rings is 1. The largest absolute Gasteiger partial charge is 0.378 e. The van der Waals surface area contributed by atoms with Gasteiger partial charge >= 0.3 is 0 Å². The Morgan fingerprint density at radius 3 is 2.75 bits per heavy atom. The van der Waals surface area contributed by atoms with Gasteiger partial charge in [-0.3, -0.25) is 9.79 Å². The molecule has 4 rings (SSSR count). The van der Waals surface area contributed by atoms with Gasteiger partial charge < -0.3 is 11.1 Å². The number of halogens is 2. The Balaban J connectivity index is 1.63. The van der Waals surface area contributed by atoms with E-state index in [9.17, 15) is 9.18 Å². The van der Waals surface area contributed by atoms with Crippen LogP contribution in [0.2, 0.25) is 5.02 Å². The minimum absolute atomic E-state index is 0.0412. The highest BCUT2D eigenvalue weighted by Gasteiger charge is 2.49. The molecule has 1 saturated carbocycles. The van der Waals surface area contributed by atoms with Crippen molar-refractivity contribution in [3.63, 3.8) is 0 Å². The van der Waals surface area contributed by atoms with E-state index in [-0.39, 0.29) is 16.3 Å². The zero-order chi connectivity index (χ0) is 19.9. The molecule has 1 atom stereocenters. The number of aliphatic imine (C=N–C) groups is 1. The molecule has 1 aliphatic heterocycles. The van der Waals surface area contributed by atoms with E-state index in [2.05, 4.69) is 15.3 Å². The number of hydrogen-bond acceptors (Lipinski definition) is 5. The summed E-state index contributed by atoms with van der Waals surface area (Å²) < 4.78 is 14.8. The van der Waals surface area contributed by atoms with Crippen LogP contribution in [0.4, 0.5) is 10.1 Å². The molecule has 3 N–H and O–H groups in total. The lowest BCUT2D eigenvalue weighted by Crippen LogP contribution is -2.46. The van der Waals surface area contributed by atoms with Crippen LogP contribution in [0.15, 0.2) is 41.5 Å². The molecule has 0 saturated heterocycles. The molecule has 1 spiro atoms. The third-order valence-electron chi connectivity index (χ3n) is 5.37. The average Bonchev–Trinajstić information content (AvgIpc) is 2.61. The Kier molecular flexibility index (Phi) is 4.83. The van der Waals surface area contributed by atoms with E-state index in [1.165, 1.54) is 24.4 Å². The molecule has 28 heavy (non-hydrogen) atoms. The number of benzene rings is 1. The van der Waals surface area contributed by atoms with Gasteiger partial charge in [0.15, 0.2) is 5.17 Å². The van der Waals surface area contributed by atoms with E-state index in [0.717, 1.165) is 25.7 Å². The molecule has 1 fully saturated rings. The highest BCUT2D eigenvalue weighted by Crippen LogP contribution is 2.55. The number of nitrogens with two attached hydrogens (primary N) is 1. The van der Waals surface area contributed by atoms with Crippen LogP contribution in [-0.4, -0.2) is 20.8 Å². The highest BCUT2D eigenvalue weighted by molar-refractivity contribution is 8.15. The number of thioether (sulfide) groups is 1. The third kappa shape index (κ3) is 3.61. The van der Waals surface area contributed by atoms with E-state index >= 15 is 0 Å². The van der Waals surface area contributed by atoms with Crippen molar-refractivity contribution >= 4 is 40.1 Å². The topological polar surface area (TPSA) is 80.4 Å². The molecule has 2 aliphatic rings. The van der Waals surface area contributed by atoms with Crippen molar-refractivity contribution in [2.45, 2.75) is 42.9 Å². The van der Waals surface area contributed by atoms with E-state index < -0.39 is 11.4 Å². The molecule has 0 bridgehead atoms. The lowest BCUT2D eigenvalue weighted by Gasteiger charge is -2.48. The predicted molar refractivity (Wildman–Crippen MR) is 111 cm³/mol. The van der Waals surface area contributed by atoms with Crippen LogP contribution < -0.4 is 11.1 Å². The molecule has 1 aromatic heterocycles. The number of aromatic nitrogens is 1. The Bertz CT molecular complexity index is 961. The Morgan fingerprint density at radius 1 is 1.32 bits per heavy atom. The number of amides is 1. The normalized spacial score (nSPS) is 23.0. The third-order valence-corrected chi connectivity index (χ3v) is 6.88. The molecule has 146 valence electrons. The number of nitrogens with one attached hydrogen (secondary N) is 1. The van der Waals surface area contributed by atoms with Crippen LogP contribution in [-0.2, 0) is 5.54 Å². The fourth-order valence-corrected chi connectivity index (χ4v) is 5.57. The van der Waals surface area contributed by atoms with Gasteiger partial charge in [-0.2, -0.15) is 0 Å². The molecule has 2 heterocycles. The standard InChI is InChI=1S/C20H20ClFN4OS/c1-19(11-20(7-2-8-20)28-18(23)26-19)14-9-13(4-5-15(14)22)25-17(27)16-6-3-12(21)10-24-16/h3-6,9-10H,2,7-8,11H2,1H3,(H2,23,26)(H,25,27)/t19-/m0/s1.